The van der Waals surface area contributed by atoms with Gasteiger partial charge >= 0.3 is 0 Å². The van der Waals surface area contributed by atoms with E-state index in [2.05, 4.69) is 5.32 Å². The molecule has 0 aromatic heterocycles. The number of carbonyl (C=O) groups is 2. The third-order valence-electron chi connectivity index (χ3n) is 4.42. The van der Waals surface area contributed by atoms with Gasteiger partial charge in [-0.25, -0.2) is 12.7 Å². The highest BCUT2D eigenvalue weighted by Gasteiger charge is 2.42. The Hall–Kier alpha value is -2.67. The molecule has 7 heteroatoms. The summed E-state index contributed by atoms with van der Waals surface area (Å²) in [7, 11) is -3.70. The van der Waals surface area contributed by atoms with Crippen LogP contribution in [0.2, 0.25) is 0 Å². The molecule has 136 valence electrons. The molecule has 1 heterocycles. The summed E-state index contributed by atoms with van der Waals surface area (Å²) in [6, 6.07) is 11.8. The number of hydrogen-bond donors (Lipinski definition) is 1. The third-order valence-corrected chi connectivity index (χ3v) is 6.29. The summed E-state index contributed by atoms with van der Waals surface area (Å²) in [5.41, 5.74) is 3.06. The molecular formula is C19H20N2O4S. The molecule has 1 N–H and O–H groups in total. The van der Waals surface area contributed by atoms with Crippen molar-refractivity contribution in [3.05, 3.63) is 59.2 Å². The standard InChI is InChI=1S/C19H20N2O4S/c1-12-6-4-7-13(2)17(12)20-18(22)15-8-5-9-16(10-15)21-19(23)14(3)11-26(21,24)25/h4-10,14H,11H2,1-3H3,(H,20,22). The van der Waals surface area contributed by atoms with Crippen LogP contribution in [0.1, 0.15) is 28.4 Å². The van der Waals surface area contributed by atoms with Gasteiger partial charge in [-0.2, -0.15) is 0 Å². The number of benzene rings is 2. The number of carbonyl (C=O) groups excluding carboxylic acids is 2. The molecule has 1 aliphatic heterocycles. The van der Waals surface area contributed by atoms with Crippen molar-refractivity contribution in [3.8, 4) is 0 Å². The maximum absolute atomic E-state index is 12.6. The smallest absolute Gasteiger partial charge is 0.255 e. The summed E-state index contributed by atoms with van der Waals surface area (Å²) >= 11 is 0. The first-order valence-corrected chi connectivity index (χ1v) is 9.86. The number of nitrogens with zero attached hydrogens (tertiary/aromatic N) is 1. The molecule has 2 amide bonds. The van der Waals surface area contributed by atoms with Crippen LogP contribution in [0.5, 0.6) is 0 Å². The van der Waals surface area contributed by atoms with Gasteiger partial charge in [-0.1, -0.05) is 31.2 Å². The molecule has 1 aliphatic rings. The highest BCUT2D eigenvalue weighted by atomic mass is 32.2. The van der Waals surface area contributed by atoms with E-state index >= 15 is 0 Å². The minimum Gasteiger partial charge on any atom is -0.322 e. The van der Waals surface area contributed by atoms with E-state index in [1.54, 1.807) is 19.1 Å². The Bertz CT molecular complexity index is 978. The van der Waals surface area contributed by atoms with Gasteiger partial charge in [0.15, 0.2) is 0 Å². The molecule has 0 saturated carbocycles. The van der Waals surface area contributed by atoms with Gasteiger partial charge in [0.05, 0.1) is 17.4 Å². The molecule has 3 rings (SSSR count). The van der Waals surface area contributed by atoms with Crippen molar-refractivity contribution in [1.29, 1.82) is 0 Å². The van der Waals surface area contributed by atoms with Crippen molar-refractivity contribution in [1.82, 2.24) is 0 Å². The van der Waals surface area contributed by atoms with Gasteiger partial charge in [0.1, 0.15) is 0 Å². The number of hydrogen-bond acceptors (Lipinski definition) is 4. The van der Waals surface area contributed by atoms with Crippen LogP contribution >= 0.6 is 0 Å². The fraction of sp³-hybridized carbons (Fsp3) is 0.263. The Morgan fingerprint density at radius 3 is 2.31 bits per heavy atom. The fourth-order valence-corrected chi connectivity index (χ4v) is 4.87. The second-order valence-electron chi connectivity index (χ2n) is 6.55. The molecule has 1 saturated heterocycles. The van der Waals surface area contributed by atoms with Gasteiger partial charge < -0.3 is 5.32 Å². The van der Waals surface area contributed by atoms with Crippen molar-refractivity contribution in [2.45, 2.75) is 20.8 Å². The summed E-state index contributed by atoms with van der Waals surface area (Å²) in [4.78, 5) is 24.9. The Morgan fingerprint density at radius 1 is 1.12 bits per heavy atom. The maximum Gasteiger partial charge on any atom is 0.255 e. The zero-order chi connectivity index (χ0) is 19.1. The molecule has 0 radical (unpaired) electrons. The van der Waals surface area contributed by atoms with E-state index in [1.165, 1.54) is 12.1 Å². The zero-order valence-corrected chi connectivity index (χ0v) is 15.6. The van der Waals surface area contributed by atoms with Gasteiger partial charge in [0, 0.05) is 11.3 Å². The Kier molecular flexibility index (Phi) is 4.58. The van der Waals surface area contributed by atoms with Gasteiger partial charge in [-0.3, -0.25) is 9.59 Å². The highest BCUT2D eigenvalue weighted by molar-refractivity contribution is 7.94. The predicted molar refractivity (Wildman–Crippen MR) is 101 cm³/mol. The first-order chi connectivity index (χ1) is 12.2. The number of aryl methyl sites for hydroxylation is 2. The van der Waals surface area contributed by atoms with E-state index in [9.17, 15) is 18.0 Å². The monoisotopic (exact) mass is 372 g/mol. The molecule has 2 aromatic carbocycles. The maximum atomic E-state index is 12.6. The van der Waals surface area contributed by atoms with Crippen LogP contribution in [0, 0.1) is 19.8 Å². The van der Waals surface area contributed by atoms with Crippen molar-refractivity contribution in [2.75, 3.05) is 15.4 Å². The molecule has 1 unspecified atom stereocenters. The molecule has 2 aromatic rings. The summed E-state index contributed by atoms with van der Waals surface area (Å²) in [5, 5.41) is 2.86. The SMILES string of the molecule is Cc1cccc(C)c1NC(=O)c1cccc(N2C(=O)C(C)CS2(=O)=O)c1. The van der Waals surface area contributed by atoms with Crippen LogP contribution in [0.25, 0.3) is 0 Å². The molecule has 0 bridgehead atoms. The lowest BCUT2D eigenvalue weighted by Crippen LogP contribution is -2.30. The molecule has 26 heavy (non-hydrogen) atoms. The Labute approximate surface area is 152 Å². The van der Waals surface area contributed by atoms with Crippen LogP contribution in [0.15, 0.2) is 42.5 Å². The molecule has 0 spiro atoms. The van der Waals surface area contributed by atoms with E-state index in [0.717, 1.165) is 21.1 Å². The van der Waals surface area contributed by atoms with Crippen LogP contribution in [-0.4, -0.2) is 26.0 Å². The first kappa shape index (κ1) is 18.1. The minimum absolute atomic E-state index is 0.188. The summed E-state index contributed by atoms with van der Waals surface area (Å²) in [6.07, 6.45) is 0. The Morgan fingerprint density at radius 2 is 1.73 bits per heavy atom. The largest absolute Gasteiger partial charge is 0.322 e. The number of rotatable bonds is 3. The average Bonchev–Trinajstić information content (AvgIpc) is 2.78. The molecular weight excluding hydrogens is 352 g/mol. The van der Waals surface area contributed by atoms with Crippen LogP contribution in [0.4, 0.5) is 11.4 Å². The molecule has 0 aliphatic carbocycles. The predicted octanol–water partition coefficient (Wildman–Crippen LogP) is 2.87. The highest BCUT2D eigenvalue weighted by Crippen LogP contribution is 2.29. The van der Waals surface area contributed by atoms with Gasteiger partial charge in [-0.05, 0) is 43.2 Å². The Balaban J connectivity index is 1.93. The van der Waals surface area contributed by atoms with E-state index in [4.69, 9.17) is 0 Å². The number of anilines is 2. The van der Waals surface area contributed by atoms with Crippen molar-refractivity contribution < 1.29 is 18.0 Å². The second-order valence-corrected chi connectivity index (χ2v) is 8.42. The van der Waals surface area contributed by atoms with Crippen LogP contribution in [0.3, 0.4) is 0 Å². The molecule has 6 nitrogen and oxygen atoms in total. The molecule has 1 atom stereocenters. The third kappa shape index (κ3) is 3.22. The fourth-order valence-electron chi connectivity index (χ4n) is 3.06. The van der Waals surface area contributed by atoms with E-state index in [1.807, 2.05) is 32.0 Å². The van der Waals surface area contributed by atoms with Gasteiger partial charge in [0.2, 0.25) is 15.9 Å². The molecule has 1 fully saturated rings. The van der Waals surface area contributed by atoms with Crippen molar-refractivity contribution >= 4 is 33.2 Å². The second kappa shape index (κ2) is 6.57. The quantitative estimate of drug-likeness (QED) is 0.898. The lowest BCUT2D eigenvalue weighted by Gasteiger charge is -2.16. The van der Waals surface area contributed by atoms with Crippen molar-refractivity contribution in [3.63, 3.8) is 0 Å². The summed E-state index contributed by atoms with van der Waals surface area (Å²) in [5.74, 6) is -1.64. The number of sulfonamides is 1. The van der Waals surface area contributed by atoms with E-state index in [0.29, 0.717) is 0 Å². The number of amides is 2. The first-order valence-electron chi connectivity index (χ1n) is 8.25. The number of para-hydroxylation sites is 1. The van der Waals surface area contributed by atoms with Gasteiger partial charge in [-0.15, -0.1) is 0 Å². The lowest BCUT2D eigenvalue weighted by atomic mass is 10.1. The van der Waals surface area contributed by atoms with Crippen LogP contribution in [-0.2, 0) is 14.8 Å². The average molecular weight is 372 g/mol. The lowest BCUT2D eigenvalue weighted by molar-refractivity contribution is -0.119. The summed E-state index contributed by atoms with van der Waals surface area (Å²) in [6.45, 7) is 5.38. The van der Waals surface area contributed by atoms with E-state index in [-0.39, 0.29) is 22.9 Å². The summed E-state index contributed by atoms with van der Waals surface area (Å²) < 4.78 is 25.3. The zero-order valence-electron chi connectivity index (χ0n) is 14.8. The van der Waals surface area contributed by atoms with Crippen LogP contribution < -0.4 is 9.62 Å². The van der Waals surface area contributed by atoms with Gasteiger partial charge in [0.25, 0.3) is 5.91 Å². The minimum atomic E-state index is -3.70. The van der Waals surface area contributed by atoms with Crippen molar-refractivity contribution in [2.24, 2.45) is 5.92 Å². The topological polar surface area (TPSA) is 83.6 Å². The normalized spacial score (nSPS) is 18.8. The number of nitrogens with one attached hydrogen (secondary N) is 1. The van der Waals surface area contributed by atoms with E-state index < -0.39 is 21.8 Å².